The number of hydrogen-bond acceptors (Lipinski definition) is 4. The van der Waals surface area contributed by atoms with Crippen LogP contribution in [0.4, 0.5) is 0 Å². The molecule has 0 aromatic heterocycles. The first kappa shape index (κ1) is 9.92. The second kappa shape index (κ2) is 7.49. The molecular formula is C8H15O4. The van der Waals surface area contributed by atoms with E-state index >= 15 is 0 Å². The van der Waals surface area contributed by atoms with Crippen LogP contribution in [0, 0.1) is 6.61 Å². The Morgan fingerprint density at radius 1 is 0.833 bits per heavy atom. The Hall–Kier alpha value is -0.160. The van der Waals surface area contributed by atoms with Crippen molar-refractivity contribution >= 4 is 0 Å². The van der Waals surface area contributed by atoms with E-state index in [1.807, 2.05) is 0 Å². The van der Waals surface area contributed by atoms with Crippen LogP contribution in [0.1, 0.15) is 38.5 Å². The largest absolute Gasteiger partial charge is 0.204 e. The summed E-state index contributed by atoms with van der Waals surface area (Å²) in [4.78, 5) is 9.17. The van der Waals surface area contributed by atoms with E-state index in [9.17, 15) is 0 Å². The van der Waals surface area contributed by atoms with E-state index < -0.39 is 0 Å². The van der Waals surface area contributed by atoms with Crippen molar-refractivity contribution in [2.75, 3.05) is 6.61 Å². The SMILES string of the molecule is [CH]1CCCCCCCOOOO1. The third-order valence-corrected chi connectivity index (χ3v) is 1.73. The highest BCUT2D eigenvalue weighted by Gasteiger charge is 1.97. The van der Waals surface area contributed by atoms with Crippen molar-refractivity contribution < 1.29 is 19.9 Å². The van der Waals surface area contributed by atoms with Gasteiger partial charge in [-0.25, -0.2) is 4.89 Å². The van der Waals surface area contributed by atoms with Gasteiger partial charge in [-0.2, -0.15) is 4.89 Å². The molecule has 1 saturated heterocycles. The standard InChI is InChI=1S/C8H15O4/c1-2-4-6-8-10-12-11-9-7-5-3-1/h7H,1-6,8H2. The quantitative estimate of drug-likeness (QED) is 0.529. The fourth-order valence-corrected chi connectivity index (χ4v) is 1.06. The van der Waals surface area contributed by atoms with Crippen LogP contribution in [-0.4, -0.2) is 6.61 Å². The summed E-state index contributed by atoms with van der Waals surface area (Å²) in [6.07, 6.45) is 6.71. The molecule has 0 aliphatic carbocycles. The molecule has 0 aromatic rings. The molecule has 0 N–H and O–H groups in total. The van der Waals surface area contributed by atoms with Gasteiger partial charge in [-0.1, -0.05) is 25.7 Å². The van der Waals surface area contributed by atoms with Crippen LogP contribution in [0.2, 0.25) is 0 Å². The van der Waals surface area contributed by atoms with Crippen LogP contribution in [-0.2, 0) is 19.9 Å². The third kappa shape index (κ3) is 5.49. The number of rotatable bonds is 0. The van der Waals surface area contributed by atoms with Gasteiger partial charge in [0, 0.05) is 0 Å². The Kier molecular flexibility index (Phi) is 6.19. The van der Waals surface area contributed by atoms with E-state index in [0.717, 1.165) is 19.3 Å². The molecule has 12 heavy (non-hydrogen) atoms. The van der Waals surface area contributed by atoms with Crippen molar-refractivity contribution in [2.45, 2.75) is 38.5 Å². The van der Waals surface area contributed by atoms with E-state index in [1.165, 1.54) is 19.3 Å². The molecule has 71 valence electrons. The van der Waals surface area contributed by atoms with Crippen LogP contribution in [0.5, 0.6) is 0 Å². The minimum Gasteiger partial charge on any atom is -0.204 e. The minimum absolute atomic E-state index is 0.559. The summed E-state index contributed by atoms with van der Waals surface area (Å²) in [6.45, 7) is 2.13. The van der Waals surface area contributed by atoms with Crippen LogP contribution in [0.15, 0.2) is 0 Å². The van der Waals surface area contributed by atoms with Gasteiger partial charge in [0.2, 0.25) is 0 Å². The first-order valence-electron chi connectivity index (χ1n) is 4.43. The van der Waals surface area contributed by atoms with Crippen LogP contribution in [0.3, 0.4) is 0 Å². The average molecular weight is 175 g/mol. The Morgan fingerprint density at radius 3 is 2.67 bits per heavy atom. The maximum atomic E-state index is 4.64. The maximum Gasteiger partial charge on any atom is 0.126 e. The van der Waals surface area contributed by atoms with E-state index in [4.69, 9.17) is 0 Å². The van der Waals surface area contributed by atoms with Crippen molar-refractivity contribution in [3.05, 3.63) is 6.61 Å². The van der Waals surface area contributed by atoms with E-state index in [-0.39, 0.29) is 0 Å². The molecule has 0 unspecified atom stereocenters. The van der Waals surface area contributed by atoms with Gasteiger partial charge in [-0.15, -0.1) is 0 Å². The molecule has 0 saturated carbocycles. The lowest BCUT2D eigenvalue weighted by Crippen LogP contribution is -2.00. The molecule has 1 fully saturated rings. The molecule has 1 radical (unpaired) electrons. The second-order valence-corrected chi connectivity index (χ2v) is 2.78. The van der Waals surface area contributed by atoms with Gasteiger partial charge in [-0.05, 0) is 22.9 Å². The Labute approximate surface area is 72.5 Å². The van der Waals surface area contributed by atoms with Crippen molar-refractivity contribution in [1.29, 1.82) is 0 Å². The van der Waals surface area contributed by atoms with E-state index in [1.54, 1.807) is 6.61 Å². The molecule has 1 rings (SSSR count). The van der Waals surface area contributed by atoms with Gasteiger partial charge in [0.05, 0.1) is 6.61 Å². The lowest BCUT2D eigenvalue weighted by Gasteiger charge is -2.05. The highest BCUT2D eigenvalue weighted by molar-refractivity contribution is 4.50. The second-order valence-electron chi connectivity index (χ2n) is 2.78. The zero-order valence-electron chi connectivity index (χ0n) is 7.16. The zero-order valence-corrected chi connectivity index (χ0v) is 7.16. The first-order chi connectivity index (χ1) is 6.00. The summed E-state index contributed by atoms with van der Waals surface area (Å²) in [5.74, 6) is 0. The fourth-order valence-electron chi connectivity index (χ4n) is 1.06. The Morgan fingerprint density at radius 2 is 1.67 bits per heavy atom. The number of hydrogen-bond donors (Lipinski definition) is 0. The maximum absolute atomic E-state index is 4.64. The van der Waals surface area contributed by atoms with E-state index in [2.05, 4.69) is 19.9 Å². The summed E-state index contributed by atoms with van der Waals surface area (Å²) in [5.41, 5.74) is 0. The predicted molar refractivity (Wildman–Crippen MR) is 41.2 cm³/mol. The lowest BCUT2D eigenvalue weighted by atomic mass is 10.1. The molecule has 0 amide bonds. The van der Waals surface area contributed by atoms with Gasteiger partial charge < -0.3 is 0 Å². The molecular weight excluding hydrogens is 160 g/mol. The molecule has 1 heterocycles. The van der Waals surface area contributed by atoms with Crippen molar-refractivity contribution in [3.8, 4) is 0 Å². The van der Waals surface area contributed by atoms with Crippen LogP contribution >= 0.6 is 0 Å². The summed E-state index contributed by atoms with van der Waals surface area (Å²) < 4.78 is 0. The molecule has 1 aliphatic rings. The summed E-state index contributed by atoms with van der Waals surface area (Å²) >= 11 is 0. The van der Waals surface area contributed by atoms with Gasteiger partial charge in [0.25, 0.3) is 0 Å². The van der Waals surface area contributed by atoms with Gasteiger partial charge >= 0.3 is 0 Å². The molecule has 0 spiro atoms. The van der Waals surface area contributed by atoms with Crippen molar-refractivity contribution in [2.24, 2.45) is 0 Å². The van der Waals surface area contributed by atoms with Gasteiger partial charge in [-0.3, -0.25) is 0 Å². The van der Waals surface area contributed by atoms with Crippen molar-refractivity contribution in [1.82, 2.24) is 0 Å². The minimum atomic E-state index is 0.559. The first-order valence-corrected chi connectivity index (χ1v) is 4.43. The van der Waals surface area contributed by atoms with Crippen LogP contribution < -0.4 is 0 Å². The lowest BCUT2D eigenvalue weighted by molar-refractivity contribution is -0.627. The fraction of sp³-hybridized carbons (Fsp3) is 0.875. The third-order valence-electron chi connectivity index (χ3n) is 1.73. The summed E-state index contributed by atoms with van der Waals surface area (Å²) in [7, 11) is 0. The van der Waals surface area contributed by atoms with Gasteiger partial charge in [0.15, 0.2) is 0 Å². The molecule has 4 nitrogen and oxygen atoms in total. The highest BCUT2D eigenvalue weighted by atomic mass is 17.7. The zero-order chi connectivity index (χ0) is 8.49. The summed E-state index contributed by atoms with van der Waals surface area (Å²) in [5, 5.41) is 8.48. The average Bonchev–Trinajstić information content (AvgIpc) is 2.05. The molecule has 1 aliphatic heterocycles. The Balaban J connectivity index is 2.00. The van der Waals surface area contributed by atoms with Crippen LogP contribution in [0.25, 0.3) is 0 Å². The molecule has 0 bridgehead atoms. The smallest absolute Gasteiger partial charge is 0.126 e. The predicted octanol–water partition coefficient (Wildman–Crippen LogP) is 2.31. The van der Waals surface area contributed by atoms with E-state index in [0.29, 0.717) is 6.61 Å². The summed E-state index contributed by atoms with van der Waals surface area (Å²) in [6, 6.07) is 0. The molecule has 4 heteroatoms. The normalized spacial score (nSPS) is 24.0. The molecule has 0 aromatic carbocycles. The highest BCUT2D eigenvalue weighted by Crippen LogP contribution is 2.08. The topological polar surface area (TPSA) is 36.9 Å². The Bertz CT molecular complexity index is 54.0. The van der Waals surface area contributed by atoms with Crippen molar-refractivity contribution in [3.63, 3.8) is 0 Å². The van der Waals surface area contributed by atoms with Gasteiger partial charge in [0.1, 0.15) is 6.61 Å². The molecule has 0 atom stereocenters. The monoisotopic (exact) mass is 175 g/mol.